The molecule has 106 valence electrons. The van der Waals surface area contributed by atoms with E-state index in [-0.39, 0.29) is 11.2 Å². The van der Waals surface area contributed by atoms with Crippen molar-refractivity contribution in [3.63, 3.8) is 0 Å². The molecule has 3 aromatic rings. The lowest BCUT2D eigenvalue weighted by atomic mass is 10.2. The number of hydrogen-bond donors (Lipinski definition) is 0. The third kappa shape index (κ3) is 1.90. The molecule has 0 aliphatic carbocycles. The maximum atomic E-state index is 12.2. The molecule has 0 aliphatic heterocycles. The van der Waals surface area contributed by atoms with Gasteiger partial charge in [0, 0.05) is 19.7 Å². The molecule has 0 spiro atoms. The Labute approximate surface area is 118 Å². The van der Waals surface area contributed by atoms with Crippen LogP contribution in [0.5, 0.6) is 0 Å². The maximum absolute atomic E-state index is 12.2. The fourth-order valence-electron chi connectivity index (χ4n) is 2.20. The van der Waals surface area contributed by atoms with Crippen LogP contribution in [-0.2, 0) is 14.1 Å². The molecule has 0 saturated carbocycles. The summed E-state index contributed by atoms with van der Waals surface area (Å²) in [5.74, 6) is 0. The van der Waals surface area contributed by atoms with Gasteiger partial charge in [0.25, 0.3) is 0 Å². The number of aryl methyl sites for hydroxylation is 1. The molecular weight excluding hydrogens is 272 g/mol. The first-order valence-electron chi connectivity index (χ1n) is 6.26. The van der Waals surface area contributed by atoms with E-state index < -0.39 is 11.2 Å². The summed E-state index contributed by atoms with van der Waals surface area (Å²) in [5, 5.41) is 12.2. The van der Waals surface area contributed by atoms with E-state index in [2.05, 4.69) is 4.98 Å². The van der Waals surface area contributed by atoms with Crippen molar-refractivity contribution in [3.05, 3.63) is 62.6 Å². The molecule has 7 heteroatoms. The van der Waals surface area contributed by atoms with Crippen molar-refractivity contribution in [2.75, 3.05) is 0 Å². The average Bonchev–Trinajstić information content (AvgIpc) is 2.51. The third-order valence-electron chi connectivity index (χ3n) is 3.37. The van der Waals surface area contributed by atoms with Crippen LogP contribution in [0.1, 0.15) is 0 Å². The smallest absolute Gasteiger partial charge is 0.332 e. The fraction of sp³-hybridized carbons (Fsp3) is 0.143. The summed E-state index contributed by atoms with van der Waals surface area (Å²) in [7, 11) is 2.81. The molecule has 0 bridgehead atoms. The largest absolute Gasteiger partial charge is 0.618 e. The highest BCUT2D eigenvalue weighted by molar-refractivity contribution is 5.69. The first-order chi connectivity index (χ1) is 10.0. The Kier molecular flexibility index (Phi) is 2.83. The number of benzene rings is 1. The van der Waals surface area contributed by atoms with E-state index in [1.807, 2.05) is 18.2 Å². The summed E-state index contributed by atoms with van der Waals surface area (Å²) in [6.45, 7) is 0. The van der Waals surface area contributed by atoms with Crippen molar-refractivity contribution in [2.24, 2.45) is 14.1 Å². The predicted octanol–water partition coefficient (Wildman–Crippen LogP) is -0.0674. The van der Waals surface area contributed by atoms with Gasteiger partial charge in [-0.25, -0.2) is 9.78 Å². The van der Waals surface area contributed by atoms with Crippen LogP contribution >= 0.6 is 0 Å². The van der Waals surface area contributed by atoms with E-state index in [9.17, 15) is 14.8 Å². The molecule has 2 heterocycles. The molecule has 2 aromatic heterocycles. The van der Waals surface area contributed by atoms with Gasteiger partial charge in [0.1, 0.15) is 5.69 Å². The van der Waals surface area contributed by atoms with Crippen LogP contribution in [0.15, 0.2) is 46.1 Å². The fourth-order valence-corrected chi connectivity index (χ4v) is 2.20. The summed E-state index contributed by atoms with van der Waals surface area (Å²) in [4.78, 5) is 28.3. The zero-order valence-electron chi connectivity index (χ0n) is 11.5. The van der Waals surface area contributed by atoms with Gasteiger partial charge in [-0.1, -0.05) is 30.3 Å². The molecule has 0 radical (unpaired) electrons. The van der Waals surface area contributed by atoms with E-state index in [1.165, 1.54) is 24.9 Å². The second-order valence-corrected chi connectivity index (χ2v) is 4.70. The SMILES string of the molecule is Cn1c(=O)c2c(nc(-c3ccccc3)c[n+]2[O-])n(C)c1=O. The van der Waals surface area contributed by atoms with Crippen molar-refractivity contribution in [2.45, 2.75) is 0 Å². The lowest BCUT2D eigenvalue weighted by Crippen LogP contribution is -2.44. The summed E-state index contributed by atoms with van der Waals surface area (Å²) >= 11 is 0. The summed E-state index contributed by atoms with van der Waals surface area (Å²) in [6, 6.07) is 9.08. The van der Waals surface area contributed by atoms with Crippen LogP contribution in [0.3, 0.4) is 0 Å². The minimum Gasteiger partial charge on any atom is -0.618 e. The van der Waals surface area contributed by atoms with Crippen molar-refractivity contribution in [1.29, 1.82) is 0 Å². The van der Waals surface area contributed by atoms with E-state index in [4.69, 9.17) is 0 Å². The summed E-state index contributed by atoms with van der Waals surface area (Å²) in [6.07, 6.45) is 1.24. The number of aromatic nitrogens is 4. The first kappa shape index (κ1) is 13.0. The summed E-state index contributed by atoms with van der Waals surface area (Å²) < 4.78 is 2.55. The molecule has 1 aromatic carbocycles. The third-order valence-corrected chi connectivity index (χ3v) is 3.37. The minimum atomic E-state index is -0.657. The lowest BCUT2D eigenvalue weighted by Gasteiger charge is -2.08. The molecule has 0 fully saturated rings. The highest BCUT2D eigenvalue weighted by Crippen LogP contribution is 2.15. The van der Waals surface area contributed by atoms with Crippen molar-refractivity contribution in [3.8, 4) is 11.3 Å². The average molecular weight is 284 g/mol. The van der Waals surface area contributed by atoms with E-state index in [0.29, 0.717) is 10.4 Å². The Balaban J connectivity index is 2.46. The number of nitrogens with zero attached hydrogens (tertiary/aromatic N) is 4. The number of fused-ring (bicyclic) bond motifs is 1. The van der Waals surface area contributed by atoms with Crippen LogP contribution in [0.4, 0.5) is 0 Å². The highest BCUT2D eigenvalue weighted by Gasteiger charge is 2.19. The Morgan fingerprint density at radius 2 is 1.76 bits per heavy atom. The first-order valence-corrected chi connectivity index (χ1v) is 6.26. The maximum Gasteiger partial charge on any atom is 0.332 e. The van der Waals surface area contributed by atoms with Gasteiger partial charge in [0.2, 0.25) is 11.8 Å². The number of hydrogen-bond acceptors (Lipinski definition) is 4. The zero-order valence-corrected chi connectivity index (χ0v) is 11.5. The second-order valence-electron chi connectivity index (χ2n) is 4.70. The Hall–Kier alpha value is -2.96. The molecule has 3 rings (SSSR count). The Bertz CT molecular complexity index is 958. The standard InChI is InChI=1S/C14H12N4O3/c1-16-12-11(13(19)17(2)14(16)20)18(21)8-10(15-12)9-6-4-3-5-7-9/h3-8H,1-2H3. The molecule has 0 atom stereocenters. The van der Waals surface area contributed by atoms with Crippen molar-refractivity contribution >= 4 is 11.2 Å². The van der Waals surface area contributed by atoms with Crippen LogP contribution in [0, 0.1) is 5.21 Å². The topological polar surface area (TPSA) is 83.8 Å². The quantitative estimate of drug-likeness (QED) is 0.462. The van der Waals surface area contributed by atoms with Gasteiger partial charge in [-0.05, 0) is 0 Å². The molecule has 0 amide bonds. The van der Waals surface area contributed by atoms with Gasteiger partial charge < -0.3 is 5.21 Å². The molecule has 0 unspecified atom stereocenters. The van der Waals surface area contributed by atoms with Crippen LogP contribution in [0.2, 0.25) is 0 Å². The normalized spacial score (nSPS) is 11.0. The van der Waals surface area contributed by atoms with Crippen LogP contribution in [-0.4, -0.2) is 14.1 Å². The van der Waals surface area contributed by atoms with Crippen molar-refractivity contribution in [1.82, 2.24) is 14.1 Å². The van der Waals surface area contributed by atoms with E-state index >= 15 is 0 Å². The Morgan fingerprint density at radius 1 is 1.10 bits per heavy atom. The van der Waals surface area contributed by atoms with Gasteiger partial charge in [-0.3, -0.25) is 13.9 Å². The van der Waals surface area contributed by atoms with Crippen LogP contribution < -0.4 is 16.0 Å². The minimum absolute atomic E-state index is 0.0689. The molecule has 0 saturated heterocycles. The number of rotatable bonds is 1. The van der Waals surface area contributed by atoms with E-state index in [0.717, 1.165) is 10.1 Å². The van der Waals surface area contributed by atoms with Gasteiger partial charge >= 0.3 is 16.8 Å². The Morgan fingerprint density at radius 3 is 2.43 bits per heavy atom. The molecule has 21 heavy (non-hydrogen) atoms. The second kappa shape index (κ2) is 4.55. The molecule has 0 aliphatic rings. The summed E-state index contributed by atoms with van der Waals surface area (Å²) in [5.41, 5.74) is -0.127. The highest BCUT2D eigenvalue weighted by atomic mass is 16.5. The molecule has 7 nitrogen and oxygen atoms in total. The van der Waals surface area contributed by atoms with Gasteiger partial charge in [-0.2, -0.15) is 4.73 Å². The molecule has 0 N–H and O–H groups in total. The van der Waals surface area contributed by atoms with Gasteiger partial charge in [0.15, 0.2) is 0 Å². The van der Waals surface area contributed by atoms with Gasteiger partial charge in [-0.15, -0.1) is 0 Å². The monoisotopic (exact) mass is 284 g/mol. The van der Waals surface area contributed by atoms with Crippen LogP contribution in [0.25, 0.3) is 22.4 Å². The predicted molar refractivity (Wildman–Crippen MR) is 76.6 cm³/mol. The lowest BCUT2D eigenvalue weighted by molar-refractivity contribution is -0.577. The van der Waals surface area contributed by atoms with E-state index in [1.54, 1.807) is 12.1 Å². The van der Waals surface area contributed by atoms with Crippen molar-refractivity contribution < 1.29 is 4.73 Å². The molecular formula is C14H12N4O3. The van der Waals surface area contributed by atoms with Gasteiger partial charge in [0.05, 0.1) is 0 Å². The zero-order chi connectivity index (χ0) is 15.1.